The Labute approximate surface area is 149 Å². The number of carbonyl (C=O) groups excluding carboxylic acids is 3. The standard InChI is InChI=1S/C19H27NO5/c1-13(2)10-20(11-14(3)4)17(21)12-25-19(23)16-9-7-6-8-15(16)18(22)24-5/h6-9,13-14H,10-12H2,1-5H3. The Morgan fingerprint density at radius 3 is 1.84 bits per heavy atom. The van der Waals surface area contributed by atoms with Crippen molar-refractivity contribution in [1.29, 1.82) is 0 Å². The van der Waals surface area contributed by atoms with Gasteiger partial charge < -0.3 is 14.4 Å². The average molecular weight is 349 g/mol. The molecule has 0 N–H and O–H groups in total. The van der Waals surface area contributed by atoms with Crippen LogP contribution in [0, 0.1) is 11.8 Å². The molecule has 6 nitrogen and oxygen atoms in total. The first-order chi connectivity index (χ1) is 11.8. The highest BCUT2D eigenvalue weighted by molar-refractivity contribution is 6.03. The van der Waals surface area contributed by atoms with Gasteiger partial charge in [-0.05, 0) is 24.0 Å². The quantitative estimate of drug-likeness (QED) is 0.675. The van der Waals surface area contributed by atoms with Gasteiger partial charge in [0.1, 0.15) is 0 Å². The Hall–Kier alpha value is -2.37. The molecular weight excluding hydrogens is 322 g/mol. The molecule has 0 fully saturated rings. The fourth-order valence-corrected chi connectivity index (χ4v) is 2.41. The molecule has 0 radical (unpaired) electrons. The van der Waals surface area contributed by atoms with Gasteiger partial charge in [0.25, 0.3) is 5.91 Å². The Morgan fingerprint density at radius 2 is 1.40 bits per heavy atom. The molecule has 0 aromatic heterocycles. The number of amides is 1. The molecule has 0 aliphatic carbocycles. The SMILES string of the molecule is COC(=O)c1ccccc1C(=O)OCC(=O)N(CC(C)C)CC(C)C. The normalized spacial score (nSPS) is 10.7. The number of ether oxygens (including phenoxy) is 2. The second-order valence-corrected chi connectivity index (χ2v) is 6.70. The third-order valence-corrected chi connectivity index (χ3v) is 3.40. The van der Waals surface area contributed by atoms with Crippen LogP contribution in [0.15, 0.2) is 24.3 Å². The predicted octanol–water partition coefficient (Wildman–Crippen LogP) is 2.77. The minimum absolute atomic E-state index is 0.0846. The van der Waals surface area contributed by atoms with Crippen molar-refractivity contribution in [3.05, 3.63) is 35.4 Å². The van der Waals surface area contributed by atoms with E-state index in [-0.39, 0.29) is 23.6 Å². The summed E-state index contributed by atoms with van der Waals surface area (Å²) in [6, 6.07) is 6.20. The smallest absolute Gasteiger partial charge is 0.339 e. The van der Waals surface area contributed by atoms with E-state index in [1.165, 1.54) is 19.2 Å². The van der Waals surface area contributed by atoms with Crippen LogP contribution >= 0.6 is 0 Å². The van der Waals surface area contributed by atoms with Crippen molar-refractivity contribution in [2.24, 2.45) is 11.8 Å². The van der Waals surface area contributed by atoms with Gasteiger partial charge in [-0.25, -0.2) is 9.59 Å². The second kappa shape index (κ2) is 9.81. The van der Waals surface area contributed by atoms with Crippen molar-refractivity contribution in [2.45, 2.75) is 27.7 Å². The molecule has 0 saturated carbocycles. The summed E-state index contributed by atoms with van der Waals surface area (Å²) in [4.78, 5) is 38.1. The molecule has 6 heteroatoms. The molecule has 1 amide bonds. The molecule has 0 aliphatic heterocycles. The monoisotopic (exact) mass is 349 g/mol. The summed E-state index contributed by atoms with van der Waals surface area (Å²) in [6.45, 7) is 8.96. The summed E-state index contributed by atoms with van der Waals surface area (Å²) in [6.07, 6.45) is 0. The van der Waals surface area contributed by atoms with E-state index < -0.39 is 11.9 Å². The van der Waals surface area contributed by atoms with E-state index in [0.717, 1.165) is 0 Å². The molecular formula is C19H27NO5. The molecule has 0 heterocycles. The highest BCUT2D eigenvalue weighted by atomic mass is 16.5. The van der Waals surface area contributed by atoms with Crippen LogP contribution in [-0.4, -0.2) is 49.6 Å². The number of carbonyl (C=O) groups is 3. The summed E-state index contributed by atoms with van der Waals surface area (Å²) < 4.78 is 9.79. The number of nitrogens with zero attached hydrogens (tertiary/aromatic N) is 1. The van der Waals surface area contributed by atoms with Gasteiger partial charge in [-0.3, -0.25) is 4.79 Å². The van der Waals surface area contributed by atoms with Crippen molar-refractivity contribution < 1.29 is 23.9 Å². The summed E-state index contributed by atoms with van der Waals surface area (Å²) in [5.41, 5.74) is 0.199. The Kier molecular flexibility index (Phi) is 8.11. The highest BCUT2D eigenvalue weighted by Gasteiger charge is 2.21. The Morgan fingerprint density at radius 1 is 0.920 bits per heavy atom. The lowest BCUT2D eigenvalue weighted by molar-refractivity contribution is -0.135. The first-order valence-electron chi connectivity index (χ1n) is 8.38. The van der Waals surface area contributed by atoms with Gasteiger partial charge in [-0.15, -0.1) is 0 Å². The highest BCUT2D eigenvalue weighted by Crippen LogP contribution is 2.12. The van der Waals surface area contributed by atoms with Gasteiger partial charge in [0.2, 0.25) is 0 Å². The topological polar surface area (TPSA) is 72.9 Å². The number of hydrogen-bond acceptors (Lipinski definition) is 5. The van der Waals surface area contributed by atoms with Crippen LogP contribution in [0.2, 0.25) is 0 Å². The first kappa shape index (κ1) is 20.7. The van der Waals surface area contributed by atoms with Crippen molar-refractivity contribution in [3.63, 3.8) is 0 Å². The molecule has 0 unspecified atom stereocenters. The van der Waals surface area contributed by atoms with E-state index in [4.69, 9.17) is 4.74 Å². The minimum Gasteiger partial charge on any atom is -0.465 e. The van der Waals surface area contributed by atoms with Crippen molar-refractivity contribution >= 4 is 17.8 Å². The van der Waals surface area contributed by atoms with Crippen LogP contribution in [0.1, 0.15) is 48.4 Å². The Balaban J connectivity index is 2.78. The van der Waals surface area contributed by atoms with Crippen LogP contribution in [0.3, 0.4) is 0 Å². The summed E-state index contributed by atoms with van der Waals surface area (Å²) >= 11 is 0. The average Bonchev–Trinajstić information content (AvgIpc) is 2.57. The number of hydrogen-bond donors (Lipinski definition) is 0. The molecule has 0 atom stereocenters. The number of methoxy groups -OCH3 is 1. The zero-order chi connectivity index (χ0) is 19.0. The third kappa shape index (κ3) is 6.57. The number of benzene rings is 1. The Bertz CT molecular complexity index is 600. The summed E-state index contributed by atoms with van der Waals surface area (Å²) in [7, 11) is 1.24. The summed E-state index contributed by atoms with van der Waals surface area (Å²) in [5, 5.41) is 0. The summed E-state index contributed by atoms with van der Waals surface area (Å²) in [5.74, 6) is -0.952. The van der Waals surface area contributed by atoms with Crippen molar-refractivity contribution in [3.8, 4) is 0 Å². The van der Waals surface area contributed by atoms with E-state index in [9.17, 15) is 14.4 Å². The van der Waals surface area contributed by atoms with Crippen LogP contribution < -0.4 is 0 Å². The van der Waals surface area contributed by atoms with Gasteiger partial charge in [0.05, 0.1) is 18.2 Å². The van der Waals surface area contributed by atoms with E-state index in [0.29, 0.717) is 24.9 Å². The van der Waals surface area contributed by atoms with Gasteiger partial charge in [0.15, 0.2) is 6.61 Å². The lowest BCUT2D eigenvalue weighted by atomic mass is 10.1. The minimum atomic E-state index is -0.719. The van der Waals surface area contributed by atoms with Gasteiger partial charge >= 0.3 is 11.9 Å². The lowest BCUT2D eigenvalue weighted by Gasteiger charge is -2.26. The lowest BCUT2D eigenvalue weighted by Crippen LogP contribution is -2.39. The fraction of sp³-hybridized carbons (Fsp3) is 0.526. The van der Waals surface area contributed by atoms with Crippen LogP contribution in [-0.2, 0) is 14.3 Å². The molecule has 0 spiro atoms. The number of esters is 2. The largest absolute Gasteiger partial charge is 0.465 e. The van der Waals surface area contributed by atoms with Gasteiger partial charge in [0, 0.05) is 13.1 Å². The molecule has 0 aliphatic rings. The molecule has 138 valence electrons. The van der Waals surface area contributed by atoms with Crippen molar-refractivity contribution in [2.75, 3.05) is 26.8 Å². The second-order valence-electron chi connectivity index (χ2n) is 6.70. The zero-order valence-corrected chi connectivity index (χ0v) is 15.6. The van der Waals surface area contributed by atoms with Crippen molar-refractivity contribution in [1.82, 2.24) is 4.90 Å². The maximum Gasteiger partial charge on any atom is 0.339 e. The van der Waals surface area contributed by atoms with Gasteiger partial charge in [-0.1, -0.05) is 39.8 Å². The predicted molar refractivity (Wildman–Crippen MR) is 94.3 cm³/mol. The maximum atomic E-state index is 12.4. The molecule has 1 aromatic rings. The zero-order valence-electron chi connectivity index (χ0n) is 15.6. The molecule has 0 bridgehead atoms. The van der Waals surface area contributed by atoms with Crippen LogP contribution in [0.5, 0.6) is 0 Å². The van der Waals surface area contributed by atoms with Gasteiger partial charge in [-0.2, -0.15) is 0 Å². The fourth-order valence-electron chi connectivity index (χ4n) is 2.41. The molecule has 1 aromatic carbocycles. The van der Waals surface area contributed by atoms with E-state index in [2.05, 4.69) is 4.74 Å². The van der Waals surface area contributed by atoms with E-state index >= 15 is 0 Å². The van der Waals surface area contributed by atoms with E-state index in [1.807, 2.05) is 27.7 Å². The maximum absolute atomic E-state index is 12.4. The van der Waals surface area contributed by atoms with Crippen LogP contribution in [0.4, 0.5) is 0 Å². The number of rotatable bonds is 8. The van der Waals surface area contributed by atoms with E-state index in [1.54, 1.807) is 17.0 Å². The third-order valence-electron chi connectivity index (χ3n) is 3.40. The molecule has 25 heavy (non-hydrogen) atoms. The van der Waals surface area contributed by atoms with Crippen LogP contribution in [0.25, 0.3) is 0 Å². The first-order valence-corrected chi connectivity index (χ1v) is 8.38. The molecule has 1 rings (SSSR count). The molecule has 0 saturated heterocycles.